The maximum absolute atomic E-state index is 6.01. The van der Waals surface area contributed by atoms with Crippen LogP contribution in [0.25, 0.3) is 0 Å². The highest BCUT2D eigenvalue weighted by atomic mass is 16.5. The minimum absolute atomic E-state index is 0.0465. The quantitative estimate of drug-likeness (QED) is 0.886. The number of ether oxygens (including phenoxy) is 1. The zero-order valence-corrected chi connectivity index (χ0v) is 12.2. The van der Waals surface area contributed by atoms with Crippen LogP contribution in [0.4, 0.5) is 5.95 Å². The summed E-state index contributed by atoms with van der Waals surface area (Å²) in [7, 11) is 0. The van der Waals surface area contributed by atoms with Gasteiger partial charge in [0, 0.05) is 13.2 Å². The molecule has 2 rings (SSSR count). The summed E-state index contributed by atoms with van der Waals surface area (Å²) in [4.78, 5) is 4.41. The van der Waals surface area contributed by atoms with Gasteiger partial charge in [0.25, 0.3) is 0 Å². The summed E-state index contributed by atoms with van der Waals surface area (Å²) in [5.74, 6) is 0.604. The Balaban J connectivity index is 1.99. The SMILES string of the molecule is CCOC1(CNc2nnc(C)c(C)n2)CCCCC1. The molecule has 106 valence electrons. The Kier molecular flexibility index (Phi) is 4.69. The number of rotatable bonds is 5. The number of anilines is 1. The molecule has 5 nitrogen and oxygen atoms in total. The Morgan fingerprint density at radius 3 is 2.47 bits per heavy atom. The molecule has 1 aliphatic rings. The lowest BCUT2D eigenvalue weighted by Gasteiger charge is -2.37. The maximum Gasteiger partial charge on any atom is 0.243 e. The summed E-state index contributed by atoms with van der Waals surface area (Å²) in [5.41, 5.74) is 1.75. The smallest absolute Gasteiger partial charge is 0.243 e. The standard InChI is InChI=1S/C14H24N4O/c1-4-19-14(8-6-5-7-9-14)10-15-13-16-11(2)12(3)17-18-13/h4-10H2,1-3H3,(H,15,16,18). The first-order valence-corrected chi connectivity index (χ1v) is 7.21. The van der Waals surface area contributed by atoms with Crippen molar-refractivity contribution >= 4 is 5.95 Å². The first-order valence-electron chi connectivity index (χ1n) is 7.21. The highest BCUT2D eigenvalue weighted by Gasteiger charge is 2.32. The third-order valence-corrected chi connectivity index (χ3v) is 3.88. The second kappa shape index (κ2) is 6.28. The number of nitrogens with one attached hydrogen (secondary N) is 1. The van der Waals surface area contributed by atoms with Gasteiger partial charge in [0.15, 0.2) is 0 Å². The number of hydrogen-bond donors (Lipinski definition) is 1. The topological polar surface area (TPSA) is 59.9 Å². The summed E-state index contributed by atoms with van der Waals surface area (Å²) >= 11 is 0. The largest absolute Gasteiger partial charge is 0.373 e. The Morgan fingerprint density at radius 2 is 1.84 bits per heavy atom. The van der Waals surface area contributed by atoms with Gasteiger partial charge in [0.1, 0.15) is 0 Å². The minimum Gasteiger partial charge on any atom is -0.373 e. The van der Waals surface area contributed by atoms with E-state index >= 15 is 0 Å². The van der Waals surface area contributed by atoms with Crippen molar-refractivity contribution in [3.8, 4) is 0 Å². The number of aromatic nitrogens is 3. The van der Waals surface area contributed by atoms with Crippen molar-refractivity contribution in [3.05, 3.63) is 11.4 Å². The van der Waals surface area contributed by atoms with E-state index in [4.69, 9.17) is 4.74 Å². The lowest BCUT2D eigenvalue weighted by atomic mass is 9.84. The molecule has 1 aromatic heterocycles. The monoisotopic (exact) mass is 264 g/mol. The van der Waals surface area contributed by atoms with Gasteiger partial charge in [-0.2, -0.15) is 5.10 Å². The second-order valence-electron chi connectivity index (χ2n) is 5.34. The van der Waals surface area contributed by atoms with Crippen LogP contribution < -0.4 is 5.32 Å². The van der Waals surface area contributed by atoms with Gasteiger partial charge in [-0.15, -0.1) is 5.10 Å². The van der Waals surface area contributed by atoms with E-state index in [9.17, 15) is 0 Å². The molecule has 0 aromatic carbocycles. The third-order valence-electron chi connectivity index (χ3n) is 3.88. The molecule has 0 saturated heterocycles. The molecule has 0 spiro atoms. The molecule has 1 heterocycles. The Bertz CT molecular complexity index is 410. The van der Waals surface area contributed by atoms with Crippen molar-refractivity contribution in [3.63, 3.8) is 0 Å². The fraction of sp³-hybridized carbons (Fsp3) is 0.786. The molecule has 0 radical (unpaired) electrons. The molecule has 0 unspecified atom stereocenters. The Labute approximate surface area is 115 Å². The summed E-state index contributed by atoms with van der Waals surface area (Å²) in [6, 6.07) is 0. The van der Waals surface area contributed by atoms with Gasteiger partial charge in [0.2, 0.25) is 5.95 Å². The van der Waals surface area contributed by atoms with Crippen LogP contribution in [0.5, 0.6) is 0 Å². The van der Waals surface area contributed by atoms with Crippen LogP contribution >= 0.6 is 0 Å². The van der Waals surface area contributed by atoms with Crippen molar-refractivity contribution in [1.82, 2.24) is 15.2 Å². The van der Waals surface area contributed by atoms with Crippen molar-refractivity contribution in [1.29, 1.82) is 0 Å². The highest BCUT2D eigenvalue weighted by Crippen LogP contribution is 2.31. The van der Waals surface area contributed by atoms with E-state index in [0.717, 1.165) is 37.4 Å². The highest BCUT2D eigenvalue weighted by molar-refractivity contribution is 5.25. The first-order chi connectivity index (χ1) is 9.15. The molecule has 0 bridgehead atoms. The zero-order chi connectivity index (χ0) is 13.7. The van der Waals surface area contributed by atoms with Crippen LogP contribution in [-0.4, -0.2) is 33.9 Å². The molecule has 0 amide bonds. The van der Waals surface area contributed by atoms with E-state index in [1.165, 1.54) is 19.3 Å². The van der Waals surface area contributed by atoms with Crippen LogP contribution in [0.3, 0.4) is 0 Å². The molecule has 1 fully saturated rings. The zero-order valence-electron chi connectivity index (χ0n) is 12.2. The fourth-order valence-corrected chi connectivity index (χ4v) is 2.65. The molecule has 1 aromatic rings. The van der Waals surface area contributed by atoms with E-state index < -0.39 is 0 Å². The molecule has 0 atom stereocenters. The van der Waals surface area contributed by atoms with Crippen molar-refractivity contribution < 1.29 is 4.74 Å². The van der Waals surface area contributed by atoms with Crippen molar-refractivity contribution in [2.45, 2.75) is 58.5 Å². The van der Waals surface area contributed by atoms with E-state index in [2.05, 4.69) is 27.4 Å². The van der Waals surface area contributed by atoms with Crippen LogP contribution in [0.2, 0.25) is 0 Å². The van der Waals surface area contributed by atoms with Crippen molar-refractivity contribution in [2.24, 2.45) is 0 Å². The van der Waals surface area contributed by atoms with Gasteiger partial charge >= 0.3 is 0 Å². The van der Waals surface area contributed by atoms with Crippen LogP contribution in [0.15, 0.2) is 0 Å². The predicted molar refractivity (Wildman–Crippen MR) is 75.2 cm³/mol. The van der Waals surface area contributed by atoms with Gasteiger partial charge in [-0.3, -0.25) is 0 Å². The van der Waals surface area contributed by atoms with Gasteiger partial charge < -0.3 is 10.1 Å². The Morgan fingerprint density at radius 1 is 1.11 bits per heavy atom. The molecular formula is C14H24N4O. The van der Waals surface area contributed by atoms with E-state index in [1.807, 2.05) is 13.8 Å². The fourth-order valence-electron chi connectivity index (χ4n) is 2.65. The van der Waals surface area contributed by atoms with Crippen molar-refractivity contribution in [2.75, 3.05) is 18.5 Å². The second-order valence-corrected chi connectivity index (χ2v) is 5.34. The average molecular weight is 264 g/mol. The first kappa shape index (κ1) is 14.2. The number of hydrogen-bond acceptors (Lipinski definition) is 5. The summed E-state index contributed by atoms with van der Waals surface area (Å²) in [6.07, 6.45) is 6.04. The molecule has 1 N–H and O–H groups in total. The summed E-state index contributed by atoms with van der Waals surface area (Å²) in [6.45, 7) is 7.46. The molecule has 19 heavy (non-hydrogen) atoms. The number of aryl methyl sites for hydroxylation is 2. The van der Waals surface area contributed by atoms with E-state index in [1.54, 1.807) is 0 Å². The van der Waals surface area contributed by atoms with Gasteiger partial charge in [-0.1, -0.05) is 19.3 Å². The third kappa shape index (κ3) is 3.62. The maximum atomic E-state index is 6.01. The summed E-state index contributed by atoms with van der Waals surface area (Å²) < 4.78 is 6.01. The van der Waals surface area contributed by atoms with Gasteiger partial charge in [-0.25, -0.2) is 4.98 Å². The van der Waals surface area contributed by atoms with Crippen LogP contribution in [0, 0.1) is 13.8 Å². The average Bonchev–Trinajstić information content (AvgIpc) is 2.42. The molecule has 5 heteroatoms. The Hall–Kier alpha value is -1.23. The van der Waals surface area contributed by atoms with Crippen LogP contribution in [-0.2, 0) is 4.74 Å². The van der Waals surface area contributed by atoms with Crippen LogP contribution in [0.1, 0.15) is 50.4 Å². The van der Waals surface area contributed by atoms with Gasteiger partial charge in [-0.05, 0) is 33.6 Å². The van der Waals surface area contributed by atoms with E-state index in [0.29, 0.717) is 5.95 Å². The predicted octanol–water partition coefficient (Wildman–Crippen LogP) is 2.64. The molecular weight excluding hydrogens is 240 g/mol. The normalized spacial score (nSPS) is 18.3. The van der Waals surface area contributed by atoms with Gasteiger partial charge in [0.05, 0.1) is 17.0 Å². The lowest BCUT2D eigenvalue weighted by molar-refractivity contribution is -0.0543. The minimum atomic E-state index is -0.0465. The van der Waals surface area contributed by atoms with E-state index in [-0.39, 0.29) is 5.60 Å². The molecule has 0 aliphatic heterocycles. The lowest BCUT2D eigenvalue weighted by Crippen LogP contribution is -2.42. The molecule has 1 saturated carbocycles. The number of nitrogens with zero attached hydrogens (tertiary/aromatic N) is 3. The summed E-state index contributed by atoms with van der Waals surface area (Å²) in [5, 5.41) is 11.5. The molecule has 1 aliphatic carbocycles.